The van der Waals surface area contributed by atoms with Crippen LogP contribution in [0.15, 0.2) is 53.5 Å². The van der Waals surface area contributed by atoms with Crippen LogP contribution in [0.3, 0.4) is 0 Å². The number of hydrogen-bond donors (Lipinski definition) is 2. The quantitative estimate of drug-likeness (QED) is 0.239. The minimum atomic E-state index is -4.72. The van der Waals surface area contributed by atoms with Crippen LogP contribution < -0.4 is 25.4 Å². The minimum Gasteiger partial charge on any atom is -0.482 e. The molecular formula is C20H22F3IN4O3. The van der Waals surface area contributed by atoms with Crippen molar-refractivity contribution < 1.29 is 27.4 Å². The van der Waals surface area contributed by atoms with Gasteiger partial charge in [-0.05, 0) is 36.2 Å². The summed E-state index contributed by atoms with van der Waals surface area (Å²) < 4.78 is 45.7. The summed E-state index contributed by atoms with van der Waals surface area (Å²) in [5, 5.41) is 2.96. The van der Waals surface area contributed by atoms with Crippen molar-refractivity contribution in [1.29, 1.82) is 0 Å². The van der Waals surface area contributed by atoms with E-state index in [4.69, 9.17) is 10.5 Å². The lowest BCUT2D eigenvalue weighted by molar-refractivity contribution is -0.274. The summed E-state index contributed by atoms with van der Waals surface area (Å²) in [7, 11) is 0. The number of ether oxygens (including phenoxy) is 2. The number of hydrogen-bond acceptors (Lipinski definition) is 4. The molecule has 0 unspecified atom stereocenters. The maximum Gasteiger partial charge on any atom is 0.573 e. The number of nitrogens with two attached hydrogens (primary N) is 1. The number of para-hydroxylation sites is 2. The number of nitrogens with zero attached hydrogens (tertiary/aromatic N) is 2. The molecule has 0 bridgehead atoms. The van der Waals surface area contributed by atoms with Crippen molar-refractivity contribution in [3.63, 3.8) is 0 Å². The molecule has 2 aromatic rings. The molecule has 1 amide bonds. The molecule has 1 aliphatic rings. The predicted molar refractivity (Wildman–Crippen MR) is 121 cm³/mol. The number of halogens is 4. The van der Waals surface area contributed by atoms with Crippen LogP contribution >= 0.6 is 24.0 Å². The molecule has 0 spiro atoms. The van der Waals surface area contributed by atoms with E-state index in [1.165, 1.54) is 24.3 Å². The Morgan fingerprint density at radius 3 is 2.61 bits per heavy atom. The number of anilines is 1. The van der Waals surface area contributed by atoms with Gasteiger partial charge < -0.3 is 25.4 Å². The zero-order chi connectivity index (χ0) is 21.6. The first kappa shape index (κ1) is 24.6. The van der Waals surface area contributed by atoms with Crippen LogP contribution in [0, 0.1) is 0 Å². The van der Waals surface area contributed by atoms with Crippen LogP contribution in [0.4, 0.5) is 18.9 Å². The SMILES string of the molecule is I.NC(=NCc1ccc(OC(F)(F)F)cc1)NCCCN1C(=O)COc2ccccc21. The van der Waals surface area contributed by atoms with E-state index >= 15 is 0 Å². The molecule has 0 saturated carbocycles. The lowest BCUT2D eigenvalue weighted by atomic mass is 10.2. The number of carbonyl (C=O) groups is 1. The van der Waals surface area contributed by atoms with E-state index in [2.05, 4.69) is 15.0 Å². The number of benzene rings is 2. The fourth-order valence-corrected chi connectivity index (χ4v) is 2.88. The topological polar surface area (TPSA) is 89.2 Å². The first-order valence-corrected chi connectivity index (χ1v) is 9.22. The smallest absolute Gasteiger partial charge is 0.482 e. The van der Waals surface area contributed by atoms with Crippen molar-refractivity contribution in [2.24, 2.45) is 10.7 Å². The molecule has 1 aliphatic heterocycles. The van der Waals surface area contributed by atoms with Gasteiger partial charge in [0.1, 0.15) is 11.5 Å². The summed E-state index contributed by atoms with van der Waals surface area (Å²) in [6, 6.07) is 12.8. The first-order valence-electron chi connectivity index (χ1n) is 9.22. The van der Waals surface area contributed by atoms with Crippen molar-refractivity contribution >= 4 is 41.5 Å². The Bertz CT molecular complexity index is 907. The average Bonchev–Trinajstić information content (AvgIpc) is 2.71. The number of nitrogens with one attached hydrogen (secondary N) is 1. The van der Waals surface area contributed by atoms with Crippen molar-refractivity contribution in [2.75, 3.05) is 24.6 Å². The van der Waals surface area contributed by atoms with Gasteiger partial charge in [0.05, 0.1) is 12.2 Å². The van der Waals surface area contributed by atoms with Crippen molar-refractivity contribution in [2.45, 2.75) is 19.3 Å². The van der Waals surface area contributed by atoms with E-state index in [1.807, 2.05) is 24.3 Å². The Hall–Kier alpha value is -2.70. The second-order valence-corrected chi connectivity index (χ2v) is 6.48. The lowest BCUT2D eigenvalue weighted by Crippen LogP contribution is -2.41. The molecule has 3 rings (SSSR count). The van der Waals surface area contributed by atoms with E-state index in [-0.39, 0.29) is 54.7 Å². The van der Waals surface area contributed by atoms with Gasteiger partial charge in [-0.15, -0.1) is 37.1 Å². The number of aliphatic imine (C=N–C) groups is 1. The van der Waals surface area contributed by atoms with Gasteiger partial charge in [-0.25, -0.2) is 4.99 Å². The Balaban J connectivity index is 0.00000341. The summed E-state index contributed by atoms with van der Waals surface area (Å²) in [4.78, 5) is 17.9. The zero-order valence-electron chi connectivity index (χ0n) is 16.4. The number of carbonyl (C=O) groups excluding carboxylic acids is 1. The molecule has 11 heteroatoms. The fraction of sp³-hybridized carbons (Fsp3) is 0.300. The van der Waals surface area contributed by atoms with Gasteiger partial charge in [-0.3, -0.25) is 4.79 Å². The molecule has 7 nitrogen and oxygen atoms in total. The Kier molecular flexibility index (Phi) is 8.77. The third-order valence-corrected chi connectivity index (χ3v) is 4.26. The third-order valence-electron chi connectivity index (χ3n) is 4.26. The molecule has 0 radical (unpaired) electrons. The summed E-state index contributed by atoms with van der Waals surface area (Å²) in [5.74, 6) is 0.492. The van der Waals surface area contributed by atoms with Crippen LogP contribution in [0.5, 0.6) is 11.5 Å². The lowest BCUT2D eigenvalue weighted by Gasteiger charge is -2.29. The second kappa shape index (κ2) is 11.1. The summed E-state index contributed by atoms with van der Waals surface area (Å²) in [5.41, 5.74) is 7.25. The molecule has 168 valence electrons. The summed E-state index contributed by atoms with van der Waals surface area (Å²) in [6.07, 6.45) is -4.08. The third kappa shape index (κ3) is 7.49. The standard InChI is InChI=1S/C20H21F3N4O3.HI/c21-20(22,23)30-15-8-6-14(7-9-15)12-26-19(24)25-10-3-11-27-16-4-1-2-5-17(16)29-13-18(27)28;/h1-2,4-9H,3,10-13H2,(H3,24,25,26);1H. The maximum absolute atomic E-state index is 12.2. The van der Waals surface area contributed by atoms with Crippen molar-refractivity contribution in [3.8, 4) is 11.5 Å². The molecule has 0 aliphatic carbocycles. The van der Waals surface area contributed by atoms with Crippen LogP contribution in [-0.4, -0.2) is 37.9 Å². The van der Waals surface area contributed by atoms with Crippen molar-refractivity contribution in [1.82, 2.24) is 5.32 Å². The van der Waals surface area contributed by atoms with Gasteiger partial charge in [-0.1, -0.05) is 24.3 Å². The van der Waals surface area contributed by atoms with Gasteiger partial charge in [-0.2, -0.15) is 0 Å². The largest absolute Gasteiger partial charge is 0.573 e. The Morgan fingerprint density at radius 2 is 1.90 bits per heavy atom. The number of rotatable bonds is 7. The van der Waals surface area contributed by atoms with E-state index in [9.17, 15) is 18.0 Å². The molecule has 3 N–H and O–H groups in total. The van der Waals surface area contributed by atoms with Crippen LogP contribution in [0.2, 0.25) is 0 Å². The van der Waals surface area contributed by atoms with Crippen LogP contribution in [0.1, 0.15) is 12.0 Å². The number of guanidine groups is 1. The number of amides is 1. The van der Waals surface area contributed by atoms with Gasteiger partial charge in [0.25, 0.3) is 5.91 Å². The van der Waals surface area contributed by atoms with E-state index < -0.39 is 6.36 Å². The molecule has 1 heterocycles. The molecule has 2 aromatic carbocycles. The highest BCUT2D eigenvalue weighted by Gasteiger charge is 2.31. The molecule has 0 aromatic heterocycles. The number of fused-ring (bicyclic) bond motifs is 1. The zero-order valence-corrected chi connectivity index (χ0v) is 18.7. The van der Waals surface area contributed by atoms with Gasteiger partial charge in [0, 0.05) is 13.1 Å². The molecule has 0 atom stereocenters. The van der Waals surface area contributed by atoms with Crippen LogP contribution in [-0.2, 0) is 11.3 Å². The molecule has 0 saturated heterocycles. The van der Waals surface area contributed by atoms with Gasteiger partial charge in [0.2, 0.25) is 0 Å². The predicted octanol–water partition coefficient (Wildman–Crippen LogP) is 3.42. The van der Waals surface area contributed by atoms with E-state index in [1.54, 1.807) is 4.90 Å². The van der Waals surface area contributed by atoms with Crippen LogP contribution in [0.25, 0.3) is 0 Å². The molecule has 31 heavy (non-hydrogen) atoms. The highest BCUT2D eigenvalue weighted by atomic mass is 127. The maximum atomic E-state index is 12.2. The highest BCUT2D eigenvalue weighted by molar-refractivity contribution is 14.0. The first-order chi connectivity index (χ1) is 14.3. The average molecular weight is 550 g/mol. The molecule has 0 fully saturated rings. The van der Waals surface area contributed by atoms with E-state index in [0.29, 0.717) is 30.8 Å². The van der Waals surface area contributed by atoms with Crippen molar-refractivity contribution in [3.05, 3.63) is 54.1 Å². The molecular weight excluding hydrogens is 528 g/mol. The normalized spacial score (nSPS) is 13.7. The summed E-state index contributed by atoms with van der Waals surface area (Å²) >= 11 is 0. The monoisotopic (exact) mass is 550 g/mol. The summed E-state index contributed by atoms with van der Waals surface area (Å²) in [6.45, 7) is 1.22. The van der Waals surface area contributed by atoms with E-state index in [0.717, 1.165) is 5.69 Å². The van der Waals surface area contributed by atoms with Gasteiger partial charge >= 0.3 is 6.36 Å². The Morgan fingerprint density at radius 1 is 1.19 bits per heavy atom. The fourth-order valence-electron chi connectivity index (χ4n) is 2.88. The highest BCUT2D eigenvalue weighted by Crippen LogP contribution is 2.31. The number of alkyl halides is 3. The van der Waals surface area contributed by atoms with Gasteiger partial charge in [0.15, 0.2) is 12.6 Å². The minimum absolute atomic E-state index is 0. The Labute approximate surface area is 194 Å². The second-order valence-electron chi connectivity index (χ2n) is 6.48.